The maximum Gasteiger partial charge on any atom is 2.00 e. The molecule has 0 saturated carbocycles. The van der Waals surface area contributed by atoms with Gasteiger partial charge in [-0.15, -0.1) is 0 Å². The van der Waals surface area contributed by atoms with Crippen LogP contribution in [0.25, 0.3) is 0 Å². The van der Waals surface area contributed by atoms with Gasteiger partial charge in [0.15, 0.2) is 0 Å². The maximum absolute atomic E-state index is 12.1. The zero-order chi connectivity index (χ0) is 29.2. The van der Waals surface area contributed by atoms with Gasteiger partial charge in [-0.2, -0.15) is 0 Å². The Bertz CT molecular complexity index is 517. The van der Waals surface area contributed by atoms with Crippen molar-refractivity contribution in [3.63, 3.8) is 0 Å². The molecule has 0 fully saturated rings. The Kier molecular flexibility index (Phi) is 39.4. The maximum atomic E-state index is 12.1. The van der Waals surface area contributed by atoms with E-state index in [2.05, 4.69) is 13.8 Å². The monoisotopic (exact) mass is 637 g/mol. The third kappa shape index (κ3) is 38.7. The molecule has 0 aliphatic carbocycles. The van der Waals surface area contributed by atoms with Crippen LogP contribution in [0.15, 0.2) is 0 Å². The van der Waals surface area contributed by atoms with E-state index in [0.717, 1.165) is 32.1 Å². The normalized spacial score (nSPS) is 12.9. The summed E-state index contributed by atoms with van der Waals surface area (Å²) in [5.41, 5.74) is 0. The fraction of sp³-hybridized carbons (Fsp3) is 1.00. The number of unbranched alkanes of at least 4 members (excludes halogenated alkanes) is 30. The van der Waals surface area contributed by atoms with Crippen molar-refractivity contribution in [1.82, 2.24) is 0 Å². The molecule has 0 aliphatic heterocycles. The molecular formula is C36H74CrO3P+. The first-order chi connectivity index (χ1) is 19.6. The van der Waals surface area contributed by atoms with E-state index in [1.807, 2.05) is 0 Å². The quantitative estimate of drug-likeness (QED) is 0.0513. The molecule has 0 aliphatic rings. The van der Waals surface area contributed by atoms with E-state index in [1.165, 1.54) is 173 Å². The second-order valence-corrected chi connectivity index (χ2v) is 14.7. The molecule has 0 bridgehead atoms. The molecule has 0 aromatic rings. The first kappa shape index (κ1) is 43.8. The van der Waals surface area contributed by atoms with Crippen LogP contribution >= 0.6 is 7.60 Å². The van der Waals surface area contributed by atoms with Gasteiger partial charge in [-0.3, -0.25) is 0 Å². The molecule has 0 amide bonds. The Labute approximate surface area is 270 Å². The van der Waals surface area contributed by atoms with E-state index >= 15 is 0 Å². The minimum Gasteiger partial charge on any atom is -0.778 e. The Hall–Kier alpha value is 0.682. The van der Waals surface area contributed by atoms with Gasteiger partial charge in [0.1, 0.15) is 7.60 Å². The van der Waals surface area contributed by atoms with Gasteiger partial charge in [-0.05, 0) is 12.8 Å². The van der Waals surface area contributed by atoms with Crippen molar-refractivity contribution in [1.29, 1.82) is 0 Å². The van der Waals surface area contributed by atoms with Crippen LogP contribution in [0.2, 0.25) is 0 Å². The zero-order valence-corrected chi connectivity index (χ0v) is 30.3. The third-order valence-electron chi connectivity index (χ3n) is 8.57. The van der Waals surface area contributed by atoms with E-state index in [9.17, 15) is 9.46 Å². The van der Waals surface area contributed by atoms with Crippen molar-refractivity contribution < 1.29 is 31.3 Å². The first-order valence-corrected chi connectivity index (χ1v) is 20.3. The van der Waals surface area contributed by atoms with Crippen molar-refractivity contribution in [3.8, 4) is 0 Å². The predicted molar refractivity (Wildman–Crippen MR) is 178 cm³/mol. The molecule has 1 unspecified atom stereocenters. The molecule has 0 aromatic heterocycles. The first-order valence-electron chi connectivity index (χ1n) is 18.6. The van der Waals surface area contributed by atoms with Gasteiger partial charge in [-0.1, -0.05) is 206 Å². The van der Waals surface area contributed by atoms with Crippen LogP contribution in [0, 0.1) is 0 Å². The van der Waals surface area contributed by atoms with E-state index in [4.69, 9.17) is 4.52 Å². The largest absolute Gasteiger partial charge is 2.00 e. The molecule has 0 saturated heterocycles. The van der Waals surface area contributed by atoms with Crippen LogP contribution < -0.4 is 4.89 Å². The SMILES string of the molecule is CCCCCCCCCCCCCCCCCCOP(=O)([O-])CCCCCCCCCCCCCCCCCC.[Cr+2]. The summed E-state index contributed by atoms with van der Waals surface area (Å²) in [6.45, 7) is 4.95. The Balaban J connectivity index is 0. The zero-order valence-electron chi connectivity index (χ0n) is 28.1. The molecule has 0 aromatic carbocycles. The van der Waals surface area contributed by atoms with Crippen molar-refractivity contribution in [2.75, 3.05) is 12.8 Å². The second-order valence-electron chi connectivity index (χ2n) is 12.8. The molecule has 0 heterocycles. The third-order valence-corrected chi connectivity index (χ3v) is 10.0. The minimum absolute atomic E-state index is 0. The summed E-state index contributed by atoms with van der Waals surface area (Å²) in [4.78, 5) is 12.1. The standard InChI is InChI=1S/C36H75O3P.Cr/c1-3-5-7-9-11-13-15-17-19-21-23-25-27-29-31-33-35-39-40(37,38)36-34-32-30-28-26-24-22-20-18-16-14-12-10-8-6-4-2;/h3-36H2,1-2H3,(H,37,38);/q;+2/p-1. The Morgan fingerprint density at radius 1 is 0.390 bits per heavy atom. The molecule has 41 heavy (non-hydrogen) atoms. The molecule has 0 spiro atoms. The number of rotatable bonds is 35. The van der Waals surface area contributed by atoms with Crippen LogP contribution in [0.3, 0.4) is 0 Å². The van der Waals surface area contributed by atoms with Crippen molar-refractivity contribution in [2.45, 2.75) is 219 Å². The predicted octanol–water partition coefficient (Wildman–Crippen LogP) is 13.1. The van der Waals surface area contributed by atoms with Gasteiger partial charge in [0.2, 0.25) is 0 Å². The summed E-state index contributed by atoms with van der Waals surface area (Å²) in [5.74, 6) is 0. The van der Waals surface area contributed by atoms with Gasteiger partial charge in [0, 0.05) is 6.16 Å². The molecule has 0 rings (SSSR count). The van der Waals surface area contributed by atoms with Gasteiger partial charge >= 0.3 is 17.4 Å². The van der Waals surface area contributed by atoms with Gasteiger partial charge in [0.05, 0.1) is 6.61 Å². The van der Waals surface area contributed by atoms with Crippen LogP contribution in [-0.4, -0.2) is 12.8 Å². The Morgan fingerprint density at radius 2 is 0.610 bits per heavy atom. The molecule has 246 valence electrons. The fourth-order valence-corrected chi connectivity index (χ4v) is 6.92. The Morgan fingerprint density at radius 3 is 0.878 bits per heavy atom. The molecule has 0 radical (unpaired) electrons. The van der Waals surface area contributed by atoms with E-state index in [0.29, 0.717) is 6.61 Å². The van der Waals surface area contributed by atoms with Gasteiger partial charge in [0.25, 0.3) is 0 Å². The molecule has 0 N–H and O–H groups in total. The topological polar surface area (TPSA) is 49.4 Å². The summed E-state index contributed by atoms with van der Waals surface area (Å²) >= 11 is 0. The van der Waals surface area contributed by atoms with E-state index < -0.39 is 7.60 Å². The van der Waals surface area contributed by atoms with Crippen LogP contribution in [-0.2, 0) is 26.4 Å². The minimum atomic E-state index is -3.62. The van der Waals surface area contributed by atoms with Crippen LogP contribution in [0.1, 0.15) is 219 Å². The van der Waals surface area contributed by atoms with E-state index in [-0.39, 0.29) is 23.5 Å². The molecular weight excluding hydrogens is 563 g/mol. The fourth-order valence-electron chi connectivity index (χ4n) is 5.77. The van der Waals surface area contributed by atoms with Gasteiger partial charge in [-0.25, -0.2) is 0 Å². The second kappa shape index (κ2) is 36.9. The molecule has 1 atom stereocenters. The summed E-state index contributed by atoms with van der Waals surface area (Å²) < 4.78 is 17.4. The number of hydrogen-bond acceptors (Lipinski definition) is 3. The summed E-state index contributed by atoms with van der Waals surface area (Å²) in [5, 5.41) is 0. The molecule has 3 nitrogen and oxygen atoms in total. The average Bonchev–Trinajstić information content (AvgIpc) is 2.94. The smallest absolute Gasteiger partial charge is 0.778 e. The van der Waals surface area contributed by atoms with Crippen LogP contribution in [0.4, 0.5) is 0 Å². The van der Waals surface area contributed by atoms with Gasteiger partial charge < -0.3 is 14.0 Å². The van der Waals surface area contributed by atoms with Crippen LogP contribution in [0.5, 0.6) is 0 Å². The molecule has 5 heteroatoms. The summed E-state index contributed by atoms with van der Waals surface area (Å²) in [7, 11) is -3.62. The summed E-state index contributed by atoms with van der Waals surface area (Å²) in [6.07, 6.45) is 42.4. The average molecular weight is 638 g/mol. The number of hydrogen-bond donors (Lipinski definition) is 0. The van der Waals surface area contributed by atoms with Crippen molar-refractivity contribution in [2.24, 2.45) is 0 Å². The summed E-state index contributed by atoms with van der Waals surface area (Å²) in [6, 6.07) is 0. The van der Waals surface area contributed by atoms with Crippen molar-refractivity contribution >= 4 is 7.60 Å². The van der Waals surface area contributed by atoms with E-state index in [1.54, 1.807) is 0 Å². The van der Waals surface area contributed by atoms with Crippen molar-refractivity contribution in [3.05, 3.63) is 0 Å².